The predicted molar refractivity (Wildman–Crippen MR) is 82.0 cm³/mol. The fourth-order valence-electron chi connectivity index (χ4n) is 2.53. The van der Waals surface area contributed by atoms with E-state index in [-0.39, 0.29) is 5.84 Å². The number of hydrogen-bond donors (Lipinski definition) is 2. The molecule has 5 heteroatoms. The Bertz CT molecular complexity index is 458. The molecule has 1 heterocycles. The fraction of sp³-hybridized carbons (Fsp3) is 0.500. The summed E-state index contributed by atoms with van der Waals surface area (Å²) < 4.78 is 6.38. The first-order chi connectivity index (χ1) is 9.09. The van der Waals surface area contributed by atoms with Gasteiger partial charge in [0.2, 0.25) is 0 Å². The minimum absolute atomic E-state index is 0.0919. The van der Waals surface area contributed by atoms with Gasteiger partial charge in [0, 0.05) is 30.4 Å². The van der Waals surface area contributed by atoms with Gasteiger partial charge in [-0.3, -0.25) is 5.41 Å². The van der Waals surface area contributed by atoms with Crippen LogP contribution in [0.25, 0.3) is 0 Å². The SMILES string of the molecule is CN(CC1CCCOC1)c1cccc(Br)c1C(=N)N. The van der Waals surface area contributed by atoms with Crippen LogP contribution < -0.4 is 10.6 Å². The average Bonchev–Trinajstić information content (AvgIpc) is 2.39. The summed E-state index contributed by atoms with van der Waals surface area (Å²) in [5, 5.41) is 7.73. The predicted octanol–water partition coefficient (Wildman–Crippen LogP) is 2.60. The molecule has 1 atom stereocenters. The van der Waals surface area contributed by atoms with Gasteiger partial charge < -0.3 is 15.4 Å². The van der Waals surface area contributed by atoms with Crippen LogP contribution in [0.3, 0.4) is 0 Å². The number of ether oxygens (including phenoxy) is 1. The highest BCUT2D eigenvalue weighted by Gasteiger charge is 2.19. The summed E-state index contributed by atoms with van der Waals surface area (Å²) in [6, 6.07) is 5.89. The number of halogens is 1. The molecule has 4 nitrogen and oxygen atoms in total. The Morgan fingerprint density at radius 2 is 2.37 bits per heavy atom. The lowest BCUT2D eigenvalue weighted by Gasteiger charge is -2.29. The van der Waals surface area contributed by atoms with Crippen LogP contribution in [0.5, 0.6) is 0 Å². The number of benzene rings is 1. The van der Waals surface area contributed by atoms with Crippen molar-refractivity contribution in [2.45, 2.75) is 12.8 Å². The van der Waals surface area contributed by atoms with E-state index in [0.717, 1.165) is 41.9 Å². The normalized spacial score (nSPS) is 19.2. The highest BCUT2D eigenvalue weighted by molar-refractivity contribution is 9.10. The van der Waals surface area contributed by atoms with Crippen molar-refractivity contribution >= 4 is 27.5 Å². The zero-order valence-corrected chi connectivity index (χ0v) is 12.7. The van der Waals surface area contributed by atoms with E-state index in [9.17, 15) is 0 Å². The molecule has 0 aliphatic carbocycles. The van der Waals surface area contributed by atoms with Crippen molar-refractivity contribution in [1.29, 1.82) is 5.41 Å². The van der Waals surface area contributed by atoms with Crippen molar-refractivity contribution in [2.75, 3.05) is 31.7 Å². The van der Waals surface area contributed by atoms with Crippen molar-refractivity contribution < 1.29 is 4.74 Å². The molecule has 2 rings (SSSR count). The molecule has 0 saturated carbocycles. The van der Waals surface area contributed by atoms with Crippen LogP contribution in [0.4, 0.5) is 5.69 Å². The highest BCUT2D eigenvalue weighted by atomic mass is 79.9. The monoisotopic (exact) mass is 325 g/mol. The maximum Gasteiger partial charge on any atom is 0.126 e. The number of nitrogens with zero attached hydrogens (tertiary/aromatic N) is 1. The largest absolute Gasteiger partial charge is 0.384 e. The van der Waals surface area contributed by atoms with Gasteiger partial charge in [0.15, 0.2) is 0 Å². The summed E-state index contributed by atoms with van der Waals surface area (Å²) in [6.45, 7) is 2.64. The third kappa shape index (κ3) is 3.48. The van der Waals surface area contributed by atoms with Gasteiger partial charge in [0.05, 0.1) is 12.2 Å². The van der Waals surface area contributed by atoms with Crippen molar-refractivity contribution in [1.82, 2.24) is 0 Å². The van der Waals surface area contributed by atoms with Crippen LogP contribution in [0.15, 0.2) is 22.7 Å². The molecular weight excluding hydrogens is 306 g/mol. The van der Waals surface area contributed by atoms with Gasteiger partial charge >= 0.3 is 0 Å². The molecule has 1 saturated heterocycles. The first kappa shape index (κ1) is 14.3. The molecular formula is C14H20BrN3O. The van der Waals surface area contributed by atoms with Crippen LogP contribution in [-0.2, 0) is 4.74 Å². The molecule has 1 aliphatic rings. The minimum atomic E-state index is 0.0919. The Balaban J connectivity index is 2.16. The molecule has 3 N–H and O–H groups in total. The highest BCUT2D eigenvalue weighted by Crippen LogP contribution is 2.28. The number of amidine groups is 1. The number of nitrogens with two attached hydrogens (primary N) is 1. The van der Waals surface area contributed by atoms with E-state index in [1.165, 1.54) is 6.42 Å². The van der Waals surface area contributed by atoms with Crippen molar-refractivity contribution in [3.05, 3.63) is 28.2 Å². The molecule has 1 fully saturated rings. The molecule has 0 amide bonds. The summed E-state index contributed by atoms with van der Waals surface area (Å²) in [6.07, 6.45) is 2.34. The standard InChI is InChI=1S/C14H20BrN3O/c1-18(8-10-4-3-7-19-9-10)12-6-2-5-11(15)13(12)14(16)17/h2,5-6,10H,3-4,7-9H2,1H3,(H3,16,17). The second kappa shape index (κ2) is 6.39. The van der Waals surface area contributed by atoms with E-state index in [1.54, 1.807) is 0 Å². The Morgan fingerprint density at radius 1 is 1.58 bits per heavy atom. The Kier molecular flexibility index (Phi) is 4.82. The minimum Gasteiger partial charge on any atom is -0.384 e. The third-order valence-electron chi connectivity index (χ3n) is 3.46. The van der Waals surface area contributed by atoms with Crippen LogP contribution in [-0.4, -0.2) is 32.6 Å². The van der Waals surface area contributed by atoms with Gasteiger partial charge in [0.25, 0.3) is 0 Å². The van der Waals surface area contributed by atoms with Gasteiger partial charge in [0.1, 0.15) is 5.84 Å². The van der Waals surface area contributed by atoms with Gasteiger partial charge in [-0.1, -0.05) is 6.07 Å². The van der Waals surface area contributed by atoms with E-state index in [4.69, 9.17) is 15.9 Å². The molecule has 0 aromatic heterocycles. The summed E-state index contributed by atoms with van der Waals surface area (Å²) >= 11 is 3.47. The maximum atomic E-state index is 7.73. The molecule has 104 valence electrons. The van der Waals surface area contributed by atoms with Gasteiger partial charge in [-0.05, 0) is 46.8 Å². The molecule has 19 heavy (non-hydrogen) atoms. The fourth-order valence-corrected chi connectivity index (χ4v) is 3.10. The van der Waals surface area contributed by atoms with Gasteiger partial charge in [-0.15, -0.1) is 0 Å². The maximum absolute atomic E-state index is 7.73. The molecule has 0 bridgehead atoms. The summed E-state index contributed by atoms with van der Waals surface area (Å²) in [5.41, 5.74) is 7.45. The Morgan fingerprint density at radius 3 is 3.00 bits per heavy atom. The molecule has 1 aliphatic heterocycles. The van der Waals surface area contributed by atoms with E-state index >= 15 is 0 Å². The van der Waals surface area contributed by atoms with Crippen LogP contribution in [0.1, 0.15) is 18.4 Å². The van der Waals surface area contributed by atoms with Crippen LogP contribution in [0, 0.1) is 11.3 Å². The topological polar surface area (TPSA) is 62.3 Å². The zero-order chi connectivity index (χ0) is 13.8. The lowest BCUT2D eigenvalue weighted by Crippen LogP contribution is -2.32. The van der Waals surface area contributed by atoms with E-state index in [1.807, 2.05) is 25.2 Å². The third-order valence-corrected chi connectivity index (χ3v) is 4.12. The first-order valence-electron chi connectivity index (χ1n) is 6.51. The summed E-state index contributed by atoms with van der Waals surface area (Å²) in [5.74, 6) is 0.645. The van der Waals surface area contributed by atoms with Crippen molar-refractivity contribution in [3.63, 3.8) is 0 Å². The average molecular weight is 326 g/mol. The molecule has 1 aromatic carbocycles. The Hall–Kier alpha value is -1.07. The molecule has 1 aromatic rings. The molecule has 1 unspecified atom stereocenters. The van der Waals surface area contributed by atoms with Gasteiger partial charge in [-0.25, -0.2) is 0 Å². The quantitative estimate of drug-likeness (QED) is 0.660. The Labute approximate surface area is 122 Å². The van der Waals surface area contributed by atoms with Crippen LogP contribution in [0.2, 0.25) is 0 Å². The first-order valence-corrected chi connectivity index (χ1v) is 7.30. The summed E-state index contributed by atoms with van der Waals surface area (Å²) in [4.78, 5) is 2.17. The lowest BCUT2D eigenvalue weighted by atomic mass is 10.0. The van der Waals surface area contributed by atoms with Crippen LogP contribution >= 0.6 is 15.9 Å². The number of nitrogens with one attached hydrogen (secondary N) is 1. The van der Waals surface area contributed by atoms with E-state index in [2.05, 4.69) is 20.8 Å². The molecule has 0 radical (unpaired) electrons. The zero-order valence-electron chi connectivity index (χ0n) is 11.2. The van der Waals surface area contributed by atoms with Crippen molar-refractivity contribution in [2.24, 2.45) is 11.7 Å². The van der Waals surface area contributed by atoms with Crippen molar-refractivity contribution in [3.8, 4) is 0 Å². The number of nitrogen functional groups attached to an aromatic ring is 1. The number of hydrogen-bond acceptors (Lipinski definition) is 3. The number of rotatable bonds is 4. The number of anilines is 1. The van der Waals surface area contributed by atoms with E-state index in [0.29, 0.717) is 5.92 Å². The van der Waals surface area contributed by atoms with E-state index < -0.39 is 0 Å². The summed E-state index contributed by atoms with van der Waals surface area (Å²) in [7, 11) is 2.04. The second-order valence-corrected chi connectivity index (χ2v) is 5.87. The molecule has 0 spiro atoms. The smallest absolute Gasteiger partial charge is 0.126 e. The van der Waals surface area contributed by atoms with Gasteiger partial charge in [-0.2, -0.15) is 0 Å². The lowest BCUT2D eigenvalue weighted by molar-refractivity contribution is 0.0576. The second-order valence-electron chi connectivity index (χ2n) is 5.01.